The van der Waals surface area contributed by atoms with Gasteiger partial charge in [-0.05, 0) is 42.5 Å². The number of hydrogen-bond donors (Lipinski definition) is 2. The van der Waals surface area contributed by atoms with E-state index in [0.29, 0.717) is 37.1 Å². The van der Waals surface area contributed by atoms with Crippen LogP contribution in [0.4, 0.5) is 5.69 Å². The van der Waals surface area contributed by atoms with Gasteiger partial charge >= 0.3 is 0 Å². The summed E-state index contributed by atoms with van der Waals surface area (Å²) in [5.41, 5.74) is 7.43. The zero-order valence-electron chi connectivity index (χ0n) is 14.3. The van der Waals surface area contributed by atoms with Gasteiger partial charge in [0.05, 0.1) is 12.3 Å². The second-order valence-electron chi connectivity index (χ2n) is 5.80. The van der Waals surface area contributed by atoms with E-state index < -0.39 is 0 Å². The zero-order valence-corrected chi connectivity index (χ0v) is 14.3. The molecule has 0 unspecified atom stereocenters. The van der Waals surface area contributed by atoms with Crippen LogP contribution in [0.5, 0.6) is 5.75 Å². The Morgan fingerprint density at radius 1 is 1.35 bits per heavy atom. The molecule has 0 saturated carbocycles. The highest BCUT2D eigenvalue weighted by Gasteiger charge is 2.02. The second-order valence-corrected chi connectivity index (χ2v) is 5.80. The fourth-order valence-electron chi connectivity index (χ4n) is 1.87. The standard InChI is InChI=1S/C18H28N2O3/c1-14(2)9-12-23-17-7-5-15(13-16(17)19)6-8-18(21)20-10-4-11-22-3/h5-8,13-14H,4,9-12,19H2,1-3H3,(H,20,21)/b8-6-. The van der Waals surface area contributed by atoms with Crippen molar-refractivity contribution in [3.05, 3.63) is 29.8 Å². The van der Waals surface area contributed by atoms with Crippen molar-refractivity contribution in [1.29, 1.82) is 0 Å². The molecule has 0 bridgehead atoms. The van der Waals surface area contributed by atoms with Crippen LogP contribution in [0.3, 0.4) is 0 Å². The monoisotopic (exact) mass is 320 g/mol. The average molecular weight is 320 g/mol. The summed E-state index contributed by atoms with van der Waals surface area (Å²) in [5.74, 6) is 1.16. The summed E-state index contributed by atoms with van der Waals surface area (Å²) >= 11 is 0. The van der Waals surface area contributed by atoms with Gasteiger partial charge in [0.2, 0.25) is 5.91 Å². The molecular weight excluding hydrogens is 292 g/mol. The predicted octanol–water partition coefficient (Wildman–Crippen LogP) is 2.86. The number of nitrogens with one attached hydrogen (secondary N) is 1. The Morgan fingerprint density at radius 2 is 2.13 bits per heavy atom. The molecule has 0 saturated heterocycles. The van der Waals surface area contributed by atoms with Crippen molar-refractivity contribution in [3.8, 4) is 5.75 Å². The quantitative estimate of drug-likeness (QED) is 0.395. The third-order valence-electron chi connectivity index (χ3n) is 3.24. The van der Waals surface area contributed by atoms with Gasteiger partial charge in [-0.1, -0.05) is 19.9 Å². The molecule has 0 radical (unpaired) electrons. The minimum atomic E-state index is -0.128. The molecule has 3 N–H and O–H groups in total. The van der Waals surface area contributed by atoms with Crippen LogP contribution in [0, 0.1) is 5.92 Å². The summed E-state index contributed by atoms with van der Waals surface area (Å²) in [6, 6.07) is 5.53. The Kier molecular flexibility index (Phi) is 8.83. The van der Waals surface area contributed by atoms with E-state index in [1.165, 1.54) is 6.08 Å². The summed E-state index contributed by atoms with van der Waals surface area (Å²) in [6.07, 6.45) is 5.02. The lowest BCUT2D eigenvalue weighted by molar-refractivity contribution is -0.116. The minimum absolute atomic E-state index is 0.128. The van der Waals surface area contributed by atoms with Gasteiger partial charge in [-0.3, -0.25) is 4.79 Å². The van der Waals surface area contributed by atoms with Gasteiger partial charge < -0.3 is 20.5 Å². The maximum atomic E-state index is 11.6. The molecule has 23 heavy (non-hydrogen) atoms. The molecule has 0 atom stereocenters. The lowest BCUT2D eigenvalue weighted by Gasteiger charge is -2.10. The number of carbonyl (C=O) groups excluding carboxylic acids is 1. The Labute approximate surface area is 138 Å². The molecule has 0 aromatic heterocycles. The van der Waals surface area contributed by atoms with E-state index in [1.54, 1.807) is 19.3 Å². The highest BCUT2D eigenvalue weighted by atomic mass is 16.5. The maximum Gasteiger partial charge on any atom is 0.244 e. The van der Waals surface area contributed by atoms with E-state index in [2.05, 4.69) is 19.2 Å². The zero-order chi connectivity index (χ0) is 17.1. The molecule has 1 aromatic rings. The fraction of sp³-hybridized carbons (Fsp3) is 0.500. The SMILES string of the molecule is COCCCNC(=O)/C=C\c1ccc(OCCC(C)C)c(N)c1. The van der Waals surface area contributed by atoms with Gasteiger partial charge in [0.25, 0.3) is 0 Å². The number of carbonyl (C=O) groups is 1. The van der Waals surface area contributed by atoms with E-state index in [9.17, 15) is 4.79 Å². The summed E-state index contributed by atoms with van der Waals surface area (Å²) in [6.45, 7) is 6.20. The van der Waals surface area contributed by atoms with E-state index in [1.807, 2.05) is 12.1 Å². The largest absolute Gasteiger partial charge is 0.491 e. The van der Waals surface area contributed by atoms with Crippen LogP contribution in [0.15, 0.2) is 24.3 Å². The van der Waals surface area contributed by atoms with E-state index >= 15 is 0 Å². The molecular formula is C18H28N2O3. The van der Waals surface area contributed by atoms with E-state index in [0.717, 1.165) is 18.4 Å². The molecule has 0 aliphatic rings. The van der Waals surface area contributed by atoms with Crippen LogP contribution in [0.1, 0.15) is 32.3 Å². The third kappa shape index (κ3) is 8.26. The maximum absolute atomic E-state index is 11.6. The first-order valence-electron chi connectivity index (χ1n) is 8.00. The Morgan fingerprint density at radius 3 is 2.78 bits per heavy atom. The van der Waals surface area contributed by atoms with Gasteiger partial charge in [0.1, 0.15) is 5.75 Å². The van der Waals surface area contributed by atoms with Crippen molar-refractivity contribution in [1.82, 2.24) is 5.32 Å². The second kappa shape index (κ2) is 10.7. The van der Waals surface area contributed by atoms with Gasteiger partial charge in [-0.25, -0.2) is 0 Å². The summed E-state index contributed by atoms with van der Waals surface area (Å²) in [5, 5.41) is 2.79. The van der Waals surface area contributed by atoms with E-state index in [4.69, 9.17) is 15.2 Å². The lowest BCUT2D eigenvalue weighted by Crippen LogP contribution is -2.22. The number of amides is 1. The number of rotatable bonds is 10. The first-order chi connectivity index (χ1) is 11.0. The first kappa shape index (κ1) is 19.0. The molecule has 0 spiro atoms. The van der Waals surface area contributed by atoms with Gasteiger partial charge in [0.15, 0.2) is 0 Å². The number of ether oxygens (including phenoxy) is 2. The highest BCUT2D eigenvalue weighted by molar-refractivity contribution is 5.91. The number of benzene rings is 1. The van der Waals surface area contributed by atoms with Crippen molar-refractivity contribution >= 4 is 17.7 Å². The number of hydrogen-bond acceptors (Lipinski definition) is 4. The Hall–Kier alpha value is -2.01. The van der Waals surface area contributed by atoms with Crippen molar-refractivity contribution in [3.63, 3.8) is 0 Å². The molecule has 5 heteroatoms. The average Bonchev–Trinajstić information content (AvgIpc) is 2.51. The topological polar surface area (TPSA) is 73.6 Å². The summed E-state index contributed by atoms with van der Waals surface area (Å²) in [4.78, 5) is 11.6. The molecule has 5 nitrogen and oxygen atoms in total. The Balaban J connectivity index is 2.46. The first-order valence-corrected chi connectivity index (χ1v) is 8.00. The molecule has 0 fully saturated rings. The lowest BCUT2D eigenvalue weighted by atomic mass is 10.1. The van der Waals surface area contributed by atoms with Crippen LogP contribution in [-0.4, -0.2) is 32.8 Å². The van der Waals surface area contributed by atoms with Gasteiger partial charge in [0, 0.05) is 26.3 Å². The van der Waals surface area contributed by atoms with Crippen LogP contribution in [0.25, 0.3) is 6.08 Å². The van der Waals surface area contributed by atoms with E-state index in [-0.39, 0.29) is 5.91 Å². The number of nitrogens with two attached hydrogens (primary N) is 1. The smallest absolute Gasteiger partial charge is 0.244 e. The van der Waals surface area contributed by atoms with Crippen molar-refractivity contribution in [2.24, 2.45) is 5.92 Å². The van der Waals surface area contributed by atoms with Crippen LogP contribution < -0.4 is 15.8 Å². The minimum Gasteiger partial charge on any atom is -0.491 e. The molecule has 0 aliphatic carbocycles. The predicted molar refractivity (Wildman–Crippen MR) is 94.3 cm³/mol. The van der Waals surface area contributed by atoms with Crippen molar-refractivity contribution in [2.45, 2.75) is 26.7 Å². The molecule has 1 amide bonds. The van der Waals surface area contributed by atoms with Gasteiger partial charge in [-0.15, -0.1) is 0 Å². The highest BCUT2D eigenvalue weighted by Crippen LogP contribution is 2.23. The summed E-state index contributed by atoms with van der Waals surface area (Å²) < 4.78 is 10.6. The molecule has 1 rings (SSSR count). The number of anilines is 1. The Bertz CT molecular complexity index is 513. The third-order valence-corrected chi connectivity index (χ3v) is 3.24. The fourth-order valence-corrected chi connectivity index (χ4v) is 1.87. The number of methoxy groups -OCH3 is 1. The normalized spacial score (nSPS) is 11.1. The molecule has 1 aromatic carbocycles. The number of nitrogen functional groups attached to an aromatic ring is 1. The van der Waals surface area contributed by atoms with Crippen LogP contribution in [0.2, 0.25) is 0 Å². The molecule has 0 heterocycles. The van der Waals surface area contributed by atoms with Crippen LogP contribution >= 0.6 is 0 Å². The van der Waals surface area contributed by atoms with Crippen molar-refractivity contribution in [2.75, 3.05) is 32.6 Å². The molecule has 128 valence electrons. The molecule has 0 aliphatic heterocycles. The summed E-state index contributed by atoms with van der Waals surface area (Å²) in [7, 11) is 1.64. The van der Waals surface area contributed by atoms with Crippen LogP contribution in [-0.2, 0) is 9.53 Å². The van der Waals surface area contributed by atoms with Crippen molar-refractivity contribution < 1.29 is 14.3 Å². The van der Waals surface area contributed by atoms with Gasteiger partial charge in [-0.2, -0.15) is 0 Å².